The van der Waals surface area contributed by atoms with Crippen LogP contribution in [0.4, 0.5) is 0 Å². The Bertz CT molecular complexity index is 1270. The quantitative estimate of drug-likeness (QED) is 0.237. The zero-order chi connectivity index (χ0) is 21.0. The second-order valence-corrected chi connectivity index (χ2v) is 7.24. The summed E-state index contributed by atoms with van der Waals surface area (Å²) in [5.74, 6) is 0.322. The number of H-pyrrole nitrogens is 2. The van der Waals surface area contributed by atoms with Crippen LogP contribution in [0.2, 0.25) is 0 Å². The van der Waals surface area contributed by atoms with Gasteiger partial charge in [0, 0.05) is 41.5 Å². The number of nitrogens with one attached hydrogen (secondary N) is 2. The van der Waals surface area contributed by atoms with Crippen molar-refractivity contribution in [3.63, 3.8) is 0 Å². The molecule has 0 spiro atoms. The molecule has 0 amide bonds. The van der Waals surface area contributed by atoms with Crippen LogP contribution in [0, 0.1) is 0 Å². The minimum atomic E-state index is 0. The van der Waals surface area contributed by atoms with Crippen molar-refractivity contribution in [3.05, 3.63) is 102 Å². The van der Waals surface area contributed by atoms with Crippen LogP contribution >= 0.6 is 0 Å². The summed E-state index contributed by atoms with van der Waals surface area (Å²) in [6.45, 7) is 0. The predicted molar refractivity (Wildman–Crippen MR) is 127 cm³/mol. The molecule has 8 bridgehead atoms. The van der Waals surface area contributed by atoms with Gasteiger partial charge in [0.15, 0.2) is 0 Å². The monoisotopic (exact) mass is 468 g/mol. The third-order valence-electron chi connectivity index (χ3n) is 4.80. The van der Waals surface area contributed by atoms with Crippen LogP contribution in [-0.4, -0.2) is 25.0 Å². The number of rotatable bonds is 0. The zero-order valence-corrected chi connectivity index (χ0v) is 20.3. The standard InChI is InChI=1S/C20H14N4.C6H6O.Zn/c1-2-14-10-16-5-6-18(23-16)12-20-8-7-19(24-20)11-17-4-3-15(22-17)9-13(1)21-14;7-6-4-2-1-3-5-6;/h1-12,21,24H;1-5,7H;. The van der Waals surface area contributed by atoms with Gasteiger partial charge in [0.05, 0.1) is 22.8 Å². The van der Waals surface area contributed by atoms with E-state index in [1.54, 1.807) is 24.3 Å². The first-order valence-electron chi connectivity index (χ1n) is 9.98. The number of aromatic amines is 2. The molecule has 0 unspecified atom stereocenters. The van der Waals surface area contributed by atoms with Crippen molar-refractivity contribution in [2.24, 2.45) is 0 Å². The third-order valence-corrected chi connectivity index (χ3v) is 4.80. The van der Waals surface area contributed by atoms with Crippen molar-refractivity contribution in [2.45, 2.75) is 0 Å². The van der Waals surface area contributed by atoms with E-state index in [0.717, 1.165) is 44.8 Å². The van der Waals surface area contributed by atoms with E-state index in [1.807, 2.05) is 54.6 Å². The second kappa shape index (κ2) is 9.59. The van der Waals surface area contributed by atoms with Crippen molar-refractivity contribution < 1.29 is 24.6 Å². The number of nitrogens with zero attached hydrogens (tertiary/aromatic N) is 2. The molecular weight excluding hydrogens is 450 g/mol. The van der Waals surface area contributed by atoms with Gasteiger partial charge in [-0.15, -0.1) is 0 Å². The van der Waals surface area contributed by atoms with Crippen molar-refractivity contribution in [1.29, 1.82) is 0 Å². The molecule has 1 aromatic carbocycles. The van der Waals surface area contributed by atoms with E-state index < -0.39 is 0 Å². The number of para-hydroxylation sites is 1. The summed E-state index contributed by atoms with van der Waals surface area (Å²) in [7, 11) is 0. The number of hydrogen-bond acceptors (Lipinski definition) is 3. The molecule has 0 aliphatic carbocycles. The average molecular weight is 470 g/mol. The number of phenolic OH excluding ortho intramolecular Hbond substituents is 1. The predicted octanol–water partition coefficient (Wildman–Crippen LogP) is 6.05. The van der Waals surface area contributed by atoms with Crippen molar-refractivity contribution in [2.75, 3.05) is 0 Å². The fraction of sp³-hybridized carbons (Fsp3) is 0. The van der Waals surface area contributed by atoms with Crippen LogP contribution in [-0.2, 0) is 19.5 Å². The molecule has 4 aromatic rings. The van der Waals surface area contributed by atoms with E-state index in [1.165, 1.54) is 0 Å². The molecule has 0 radical (unpaired) electrons. The Hall–Kier alpha value is -3.76. The fourth-order valence-corrected chi connectivity index (χ4v) is 3.37. The molecular formula is C26H20N4OZn. The molecule has 0 fully saturated rings. The molecule has 3 N–H and O–H groups in total. The van der Waals surface area contributed by atoms with Gasteiger partial charge in [-0.05, 0) is 85.0 Å². The summed E-state index contributed by atoms with van der Waals surface area (Å²) in [5.41, 5.74) is 7.86. The van der Waals surface area contributed by atoms with E-state index in [9.17, 15) is 0 Å². The van der Waals surface area contributed by atoms with Crippen LogP contribution in [0.1, 0.15) is 22.8 Å². The molecule has 152 valence electrons. The molecule has 6 heteroatoms. The largest absolute Gasteiger partial charge is 0.508 e. The van der Waals surface area contributed by atoms with Gasteiger partial charge in [-0.2, -0.15) is 0 Å². The first-order chi connectivity index (χ1) is 15.2. The molecule has 5 nitrogen and oxygen atoms in total. The van der Waals surface area contributed by atoms with Crippen molar-refractivity contribution in [3.8, 4) is 5.75 Å². The third kappa shape index (κ3) is 5.29. The van der Waals surface area contributed by atoms with Gasteiger partial charge in [-0.25, -0.2) is 9.97 Å². The van der Waals surface area contributed by atoms with Crippen LogP contribution < -0.4 is 0 Å². The van der Waals surface area contributed by atoms with Crippen molar-refractivity contribution in [1.82, 2.24) is 19.9 Å². The Kier molecular flexibility index (Phi) is 6.43. The minimum Gasteiger partial charge on any atom is -0.508 e. The summed E-state index contributed by atoms with van der Waals surface area (Å²) in [6.07, 6.45) is 8.09. The van der Waals surface area contributed by atoms with Crippen LogP contribution in [0.5, 0.6) is 5.75 Å². The maximum absolute atomic E-state index is 8.63. The summed E-state index contributed by atoms with van der Waals surface area (Å²) in [4.78, 5) is 16.0. The number of aromatic nitrogens is 4. The van der Waals surface area contributed by atoms with Gasteiger partial charge >= 0.3 is 0 Å². The number of benzene rings is 1. The number of fused-ring (bicyclic) bond motifs is 8. The molecule has 32 heavy (non-hydrogen) atoms. The molecule has 6 rings (SSSR count). The first-order valence-corrected chi connectivity index (χ1v) is 9.98. The zero-order valence-electron chi connectivity index (χ0n) is 17.4. The molecule has 5 heterocycles. The maximum Gasteiger partial charge on any atom is 0.115 e. The van der Waals surface area contributed by atoms with Crippen molar-refractivity contribution >= 4 is 46.4 Å². The minimum absolute atomic E-state index is 0. The van der Waals surface area contributed by atoms with Gasteiger partial charge in [-0.3, -0.25) is 0 Å². The van der Waals surface area contributed by atoms with Gasteiger partial charge in [0.2, 0.25) is 0 Å². The molecule has 0 saturated heterocycles. The number of phenols is 1. The fourth-order valence-electron chi connectivity index (χ4n) is 3.37. The van der Waals surface area contributed by atoms with E-state index >= 15 is 0 Å². The molecule has 0 saturated carbocycles. The Balaban J connectivity index is 0.000000265. The van der Waals surface area contributed by atoms with Crippen LogP contribution in [0.15, 0.2) is 78.9 Å². The topological polar surface area (TPSA) is 77.6 Å². The summed E-state index contributed by atoms with van der Waals surface area (Å²) in [6, 6.07) is 25.1. The maximum atomic E-state index is 8.63. The second-order valence-electron chi connectivity index (χ2n) is 7.24. The Morgan fingerprint density at radius 2 is 0.844 bits per heavy atom. The van der Waals surface area contributed by atoms with E-state index in [0.29, 0.717) is 5.75 Å². The van der Waals surface area contributed by atoms with Gasteiger partial charge in [0.25, 0.3) is 0 Å². The Morgan fingerprint density at radius 1 is 0.500 bits per heavy atom. The summed E-state index contributed by atoms with van der Waals surface area (Å²) < 4.78 is 0. The SMILES string of the molecule is C1=Cc2cc3ccc(cc4nc(cc5ccc(cc1n2)[nH]5)C=C4)[nH]3.Oc1ccccc1.[Zn]. The van der Waals surface area contributed by atoms with Gasteiger partial charge < -0.3 is 15.1 Å². The number of aromatic hydroxyl groups is 1. The molecule has 2 aliphatic rings. The molecule has 3 aromatic heterocycles. The summed E-state index contributed by atoms with van der Waals surface area (Å²) in [5, 5.41) is 8.63. The first kappa shape index (κ1) is 21.5. The molecule has 0 atom stereocenters. The summed E-state index contributed by atoms with van der Waals surface area (Å²) >= 11 is 0. The van der Waals surface area contributed by atoms with E-state index in [-0.39, 0.29) is 19.5 Å². The average Bonchev–Trinajstić information content (AvgIpc) is 3.55. The normalized spacial score (nSPS) is 11.4. The molecule has 2 aliphatic heterocycles. The van der Waals surface area contributed by atoms with Crippen LogP contribution in [0.25, 0.3) is 46.4 Å². The Labute approximate surface area is 198 Å². The smallest absolute Gasteiger partial charge is 0.115 e. The van der Waals surface area contributed by atoms with E-state index in [2.05, 4.69) is 44.2 Å². The number of hydrogen-bond donors (Lipinski definition) is 3. The van der Waals surface area contributed by atoms with Crippen LogP contribution in [0.3, 0.4) is 0 Å². The van der Waals surface area contributed by atoms with Gasteiger partial charge in [-0.1, -0.05) is 18.2 Å². The van der Waals surface area contributed by atoms with E-state index in [4.69, 9.17) is 5.11 Å². The van der Waals surface area contributed by atoms with Gasteiger partial charge in [0.1, 0.15) is 5.75 Å². The Morgan fingerprint density at radius 3 is 1.12 bits per heavy atom.